The fourth-order valence-corrected chi connectivity index (χ4v) is 3.86. The number of allylic oxidation sites excluding steroid dienone is 5. The fourth-order valence-electron chi connectivity index (χ4n) is 3.86. The summed E-state index contributed by atoms with van der Waals surface area (Å²) < 4.78 is 0. The quantitative estimate of drug-likeness (QED) is 0.496. The molecule has 2 aliphatic rings. The first-order chi connectivity index (χ1) is 11.5. The van der Waals surface area contributed by atoms with Crippen molar-refractivity contribution in [3.63, 3.8) is 0 Å². The van der Waals surface area contributed by atoms with Crippen LogP contribution in [0.2, 0.25) is 0 Å². The predicted molar refractivity (Wildman–Crippen MR) is 112 cm³/mol. The van der Waals surface area contributed by atoms with E-state index in [1.54, 1.807) is 0 Å². The van der Waals surface area contributed by atoms with Crippen LogP contribution in [0.5, 0.6) is 0 Å². The topological polar surface area (TPSA) is 12.4 Å². The zero-order valence-corrected chi connectivity index (χ0v) is 17.3. The van der Waals surface area contributed by atoms with Gasteiger partial charge < -0.3 is 0 Å². The van der Waals surface area contributed by atoms with Gasteiger partial charge in [-0.3, -0.25) is 4.99 Å². The standard InChI is InChI=1S/C24H37N/c1-17(2)20-9-10-21(23(4,5)6)16-22(25-18(3)15-20)19-11-13-24(7,8)14-12-19/h15-16,19H,1,3,9-14H2,2,4-8H3/b20-15+,21-16+,25-22?. The lowest BCUT2D eigenvalue weighted by molar-refractivity contribution is 0.221. The lowest BCUT2D eigenvalue weighted by Gasteiger charge is -2.35. The second-order valence-electron chi connectivity index (χ2n) is 9.84. The van der Waals surface area contributed by atoms with Crippen LogP contribution in [0.15, 0.2) is 52.7 Å². The van der Waals surface area contributed by atoms with Crippen molar-refractivity contribution in [3.8, 4) is 0 Å². The Kier molecular flexibility index (Phi) is 5.97. The molecule has 0 N–H and O–H groups in total. The van der Waals surface area contributed by atoms with Crippen LogP contribution in [0.25, 0.3) is 0 Å². The van der Waals surface area contributed by atoms with Gasteiger partial charge in [0.15, 0.2) is 0 Å². The second kappa shape index (κ2) is 7.48. The molecule has 1 fully saturated rings. The van der Waals surface area contributed by atoms with Crippen LogP contribution >= 0.6 is 0 Å². The summed E-state index contributed by atoms with van der Waals surface area (Å²) in [6.07, 6.45) is 11.7. The first-order valence-corrected chi connectivity index (χ1v) is 9.83. The molecular formula is C24H37N. The highest BCUT2D eigenvalue weighted by atomic mass is 14.8. The zero-order chi connectivity index (χ0) is 18.8. The number of hydrogen-bond donors (Lipinski definition) is 0. The summed E-state index contributed by atoms with van der Waals surface area (Å²) in [6, 6.07) is 0. The third kappa shape index (κ3) is 5.56. The lowest BCUT2D eigenvalue weighted by Crippen LogP contribution is -2.26. The van der Waals surface area contributed by atoms with E-state index in [2.05, 4.69) is 66.9 Å². The Morgan fingerprint density at radius 1 is 1.12 bits per heavy atom. The maximum absolute atomic E-state index is 4.99. The van der Waals surface area contributed by atoms with Gasteiger partial charge in [-0.2, -0.15) is 0 Å². The van der Waals surface area contributed by atoms with Crippen LogP contribution in [-0.2, 0) is 0 Å². The zero-order valence-electron chi connectivity index (χ0n) is 17.3. The third-order valence-electron chi connectivity index (χ3n) is 5.87. The highest BCUT2D eigenvalue weighted by Gasteiger charge is 2.30. The van der Waals surface area contributed by atoms with E-state index < -0.39 is 0 Å². The average Bonchev–Trinajstić information content (AvgIpc) is 2.55. The van der Waals surface area contributed by atoms with E-state index >= 15 is 0 Å². The monoisotopic (exact) mass is 339 g/mol. The Balaban J connectivity index is 2.40. The number of nitrogens with zero attached hydrogens (tertiary/aromatic N) is 1. The molecule has 0 spiro atoms. The second-order valence-corrected chi connectivity index (χ2v) is 9.84. The largest absolute Gasteiger partial charge is 0.254 e. The molecule has 0 aromatic carbocycles. The molecule has 0 unspecified atom stereocenters. The predicted octanol–water partition coefficient (Wildman–Crippen LogP) is 7.43. The summed E-state index contributed by atoms with van der Waals surface area (Å²) in [4.78, 5) is 4.99. The van der Waals surface area contributed by atoms with Crippen molar-refractivity contribution in [1.29, 1.82) is 0 Å². The molecule has 1 aliphatic carbocycles. The molecule has 0 amide bonds. The summed E-state index contributed by atoms with van der Waals surface area (Å²) >= 11 is 0. The molecule has 1 nitrogen and oxygen atoms in total. The van der Waals surface area contributed by atoms with Crippen LogP contribution < -0.4 is 0 Å². The molecular weight excluding hydrogens is 302 g/mol. The molecule has 1 heteroatoms. The van der Waals surface area contributed by atoms with Crippen molar-refractivity contribution in [3.05, 3.63) is 47.7 Å². The van der Waals surface area contributed by atoms with Crippen molar-refractivity contribution in [2.24, 2.45) is 21.7 Å². The van der Waals surface area contributed by atoms with Crippen LogP contribution in [-0.4, -0.2) is 5.71 Å². The lowest BCUT2D eigenvalue weighted by atomic mass is 9.71. The van der Waals surface area contributed by atoms with Gasteiger partial charge in [-0.25, -0.2) is 0 Å². The van der Waals surface area contributed by atoms with E-state index in [0.717, 1.165) is 24.1 Å². The smallest absolute Gasteiger partial charge is 0.0564 e. The van der Waals surface area contributed by atoms with Gasteiger partial charge in [-0.05, 0) is 74.0 Å². The third-order valence-corrected chi connectivity index (χ3v) is 5.87. The summed E-state index contributed by atoms with van der Waals surface area (Å²) in [5.41, 5.74) is 6.70. The Labute approximate surface area is 155 Å². The first kappa shape index (κ1) is 19.9. The first-order valence-electron chi connectivity index (χ1n) is 9.83. The number of rotatable bonds is 2. The van der Waals surface area contributed by atoms with Gasteiger partial charge in [0.05, 0.1) is 5.70 Å². The fraction of sp³-hybridized carbons (Fsp3) is 0.625. The van der Waals surface area contributed by atoms with E-state index in [4.69, 9.17) is 4.99 Å². The SMILES string of the molecule is C=C1/C=C(/C(=C)C)CC/C(C(C)(C)C)=C\C(C2CCC(C)(C)CC2)=N1. The number of hydrogen-bond acceptors (Lipinski definition) is 1. The Morgan fingerprint density at radius 2 is 1.72 bits per heavy atom. The summed E-state index contributed by atoms with van der Waals surface area (Å²) in [5, 5.41) is 0. The molecule has 2 rings (SSSR count). The minimum atomic E-state index is 0.167. The minimum Gasteiger partial charge on any atom is -0.254 e. The Hall–Kier alpha value is -1.37. The van der Waals surface area contributed by atoms with Crippen LogP contribution in [0, 0.1) is 16.7 Å². The van der Waals surface area contributed by atoms with E-state index in [1.807, 2.05) is 0 Å². The number of aliphatic imine (C=N–C) groups is 1. The van der Waals surface area contributed by atoms with Gasteiger partial charge >= 0.3 is 0 Å². The van der Waals surface area contributed by atoms with E-state index in [0.29, 0.717) is 11.3 Å². The van der Waals surface area contributed by atoms with Crippen molar-refractivity contribution < 1.29 is 0 Å². The molecule has 0 bridgehead atoms. The molecule has 0 atom stereocenters. The van der Waals surface area contributed by atoms with Gasteiger partial charge in [-0.15, -0.1) is 0 Å². The van der Waals surface area contributed by atoms with Crippen molar-refractivity contribution in [1.82, 2.24) is 0 Å². The maximum atomic E-state index is 4.99. The molecule has 25 heavy (non-hydrogen) atoms. The minimum absolute atomic E-state index is 0.167. The average molecular weight is 340 g/mol. The van der Waals surface area contributed by atoms with Crippen molar-refractivity contribution >= 4 is 5.71 Å². The molecule has 1 saturated carbocycles. The maximum Gasteiger partial charge on any atom is 0.0564 e. The van der Waals surface area contributed by atoms with Gasteiger partial charge in [0.25, 0.3) is 0 Å². The summed E-state index contributed by atoms with van der Waals surface area (Å²) in [5.74, 6) is 0.571. The van der Waals surface area contributed by atoms with E-state index in [9.17, 15) is 0 Å². The Morgan fingerprint density at radius 3 is 2.24 bits per heavy atom. The van der Waals surface area contributed by atoms with Crippen molar-refractivity contribution in [2.75, 3.05) is 0 Å². The van der Waals surface area contributed by atoms with Gasteiger partial charge in [0.1, 0.15) is 0 Å². The molecule has 0 radical (unpaired) electrons. The normalized spacial score (nSPS) is 27.1. The molecule has 138 valence electrons. The van der Waals surface area contributed by atoms with E-state index in [1.165, 1.54) is 42.5 Å². The van der Waals surface area contributed by atoms with Gasteiger partial charge in [0.2, 0.25) is 0 Å². The Bertz CT molecular complexity index is 621. The van der Waals surface area contributed by atoms with Crippen molar-refractivity contribution in [2.45, 2.75) is 80.1 Å². The molecule has 1 heterocycles. The summed E-state index contributed by atoms with van der Waals surface area (Å²) in [6.45, 7) is 22.2. The summed E-state index contributed by atoms with van der Waals surface area (Å²) in [7, 11) is 0. The highest BCUT2D eigenvalue weighted by Crippen LogP contribution is 2.40. The van der Waals surface area contributed by atoms with Crippen LogP contribution in [0.4, 0.5) is 0 Å². The van der Waals surface area contributed by atoms with Crippen LogP contribution in [0.3, 0.4) is 0 Å². The molecule has 0 aromatic heterocycles. The van der Waals surface area contributed by atoms with Gasteiger partial charge in [0, 0.05) is 11.6 Å². The molecule has 0 aromatic rings. The molecule has 1 aliphatic heterocycles. The van der Waals surface area contributed by atoms with E-state index in [-0.39, 0.29) is 5.41 Å². The highest BCUT2D eigenvalue weighted by molar-refractivity contribution is 5.98. The van der Waals surface area contributed by atoms with Crippen LogP contribution in [0.1, 0.15) is 80.1 Å². The molecule has 0 saturated heterocycles. The van der Waals surface area contributed by atoms with Gasteiger partial charge in [-0.1, -0.05) is 58.9 Å².